The van der Waals surface area contributed by atoms with Gasteiger partial charge in [-0.2, -0.15) is 0 Å². The molecular weight excluding hydrogens is 486 g/mol. The second-order valence-electron chi connectivity index (χ2n) is 10.4. The molecule has 3 nitrogen and oxygen atoms in total. The fourth-order valence-corrected chi connectivity index (χ4v) is 6.14. The molecule has 1 N–H and O–H groups in total. The summed E-state index contributed by atoms with van der Waals surface area (Å²) in [6, 6.07) is 52.1. The number of aromatic nitrogens is 2. The van der Waals surface area contributed by atoms with Crippen molar-refractivity contribution in [1.29, 1.82) is 0 Å². The molecule has 3 heteroatoms. The number of fused-ring (bicyclic) bond motifs is 6. The van der Waals surface area contributed by atoms with Crippen molar-refractivity contribution in [2.24, 2.45) is 0 Å². The third-order valence-electron chi connectivity index (χ3n) is 7.93. The minimum Gasteiger partial charge on any atom is -0.355 e. The van der Waals surface area contributed by atoms with Crippen LogP contribution in [0.25, 0.3) is 49.3 Å². The standard InChI is InChI=1S/C37H27N3/c1-3-11-26(12-4-1)25-39-34-17-9-7-15-30(34)32-23-27(19-21-35(32)39)38-28-20-22-37-33(24-28)31-16-8-10-18-36(31)40(37)29-13-5-2-6-14-29/h1-24,38H,25H2. The number of anilines is 2. The van der Waals surface area contributed by atoms with Crippen molar-refractivity contribution in [2.45, 2.75) is 6.54 Å². The molecule has 0 atom stereocenters. The number of rotatable bonds is 5. The summed E-state index contributed by atoms with van der Waals surface area (Å²) in [5.74, 6) is 0. The Labute approximate surface area is 232 Å². The molecule has 2 heterocycles. The van der Waals surface area contributed by atoms with Gasteiger partial charge in [-0.25, -0.2) is 0 Å². The van der Waals surface area contributed by atoms with Crippen molar-refractivity contribution in [3.63, 3.8) is 0 Å². The van der Waals surface area contributed by atoms with Gasteiger partial charge in [0.05, 0.1) is 11.0 Å². The Bertz CT molecular complexity index is 2150. The molecule has 0 saturated carbocycles. The summed E-state index contributed by atoms with van der Waals surface area (Å²) in [5, 5.41) is 8.74. The van der Waals surface area contributed by atoms with Crippen molar-refractivity contribution in [1.82, 2.24) is 9.13 Å². The molecular formula is C37H27N3. The lowest BCUT2D eigenvalue weighted by molar-refractivity contribution is 0.869. The molecule has 40 heavy (non-hydrogen) atoms. The first-order chi connectivity index (χ1) is 19.8. The minimum atomic E-state index is 0.847. The van der Waals surface area contributed by atoms with Crippen LogP contribution in [0.2, 0.25) is 0 Å². The Morgan fingerprint density at radius 1 is 0.425 bits per heavy atom. The molecule has 0 aliphatic rings. The van der Waals surface area contributed by atoms with Gasteiger partial charge in [-0.1, -0.05) is 84.9 Å². The Morgan fingerprint density at radius 3 is 1.65 bits per heavy atom. The van der Waals surface area contributed by atoms with E-state index >= 15 is 0 Å². The van der Waals surface area contributed by atoms with Gasteiger partial charge >= 0.3 is 0 Å². The van der Waals surface area contributed by atoms with E-state index in [4.69, 9.17) is 0 Å². The molecule has 0 fully saturated rings. The van der Waals surface area contributed by atoms with Crippen molar-refractivity contribution >= 4 is 55.0 Å². The van der Waals surface area contributed by atoms with Crippen LogP contribution >= 0.6 is 0 Å². The van der Waals surface area contributed by atoms with E-state index in [-0.39, 0.29) is 0 Å². The molecule has 8 rings (SSSR count). The van der Waals surface area contributed by atoms with Gasteiger partial charge in [-0.3, -0.25) is 0 Å². The van der Waals surface area contributed by atoms with Crippen LogP contribution < -0.4 is 5.32 Å². The smallest absolute Gasteiger partial charge is 0.0542 e. The number of hydrogen-bond donors (Lipinski definition) is 1. The Hall–Kier alpha value is -5.28. The maximum Gasteiger partial charge on any atom is 0.0542 e. The first-order valence-corrected chi connectivity index (χ1v) is 13.7. The topological polar surface area (TPSA) is 21.9 Å². The highest BCUT2D eigenvalue weighted by molar-refractivity contribution is 6.11. The van der Waals surface area contributed by atoms with Gasteiger partial charge < -0.3 is 14.5 Å². The highest BCUT2D eigenvalue weighted by Crippen LogP contribution is 2.36. The zero-order valence-corrected chi connectivity index (χ0v) is 22.0. The van der Waals surface area contributed by atoms with Crippen LogP contribution in [-0.2, 0) is 6.54 Å². The third kappa shape index (κ3) is 3.67. The average molecular weight is 514 g/mol. The van der Waals surface area contributed by atoms with E-state index in [0.717, 1.165) is 17.9 Å². The number of nitrogens with one attached hydrogen (secondary N) is 1. The number of para-hydroxylation sites is 3. The molecule has 190 valence electrons. The zero-order chi connectivity index (χ0) is 26.5. The maximum atomic E-state index is 3.71. The molecule has 0 bridgehead atoms. The van der Waals surface area contributed by atoms with Gasteiger partial charge in [0.2, 0.25) is 0 Å². The first kappa shape index (κ1) is 22.7. The van der Waals surface area contributed by atoms with Gasteiger partial charge in [0.15, 0.2) is 0 Å². The molecule has 0 aliphatic carbocycles. The van der Waals surface area contributed by atoms with Crippen molar-refractivity contribution < 1.29 is 0 Å². The molecule has 6 aromatic carbocycles. The van der Waals surface area contributed by atoms with Crippen LogP contribution in [0, 0.1) is 0 Å². The van der Waals surface area contributed by atoms with E-state index < -0.39 is 0 Å². The van der Waals surface area contributed by atoms with E-state index in [2.05, 4.69) is 160 Å². The van der Waals surface area contributed by atoms with E-state index in [0.29, 0.717) is 0 Å². The third-order valence-corrected chi connectivity index (χ3v) is 7.93. The SMILES string of the molecule is c1ccc(Cn2c3ccccc3c3cc(Nc4ccc5c(c4)c4ccccc4n5-c4ccccc4)ccc32)cc1. The van der Waals surface area contributed by atoms with Crippen molar-refractivity contribution in [3.05, 3.63) is 151 Å². The second kappa shape index (κ2) is 9.18. The lowest BCUT2D eigenvalue weighted by Gasteiger charge is -2.10. The highest BCUT2D eigenvalue weighted by atomic mass is 15.0. The normalized spacial score (nSPS) is 11.6. The fourth-order valence-electron chi connectivity index (χ4n) is 6.14. The van der Waals surface area contributed by atoms with Crippen LogP contribution in [0.1, 0.15) is 5.56 Å². The van der Waals surface area contributed by atoms with E-state index in [1.165, 1.54) is 54.9 Å². The van der Waals surface area contributed by atoms with Crippen LogP contribution in [0.3, 0.4) is 0 Å². The van der Waals surface area contributed by atoms with Gasteiger partial charge in [0, 0.05) is 56.2 Å². The number of nitrogens with zero attached hydrogens (tertiary/aromatic N) is 2. The summed E-state index contributed by atoms with van der Waals surface area (Å²) in [4.78, 5) is 0. The second-order valence-corrected chi connectivity index (χ2v) is 10.4. The predicted octanol–water partition coefficient (Wildman–Crippen LogP) is 9.68. The summed E-state index contributed by atoms with van der Waals surface area (Å²) in [6.45, 7) is 0.847. The average Bonchev–Trinajstić information content (AvgIpc) is 3.50. The quantitative estimate of drug-likeness (QED) is 0.243. The summed E-state index contributed by atoms with van der Waals surface area (Å²) >= 11 is 0. The van der Waals surface area contributed by atoms with Gasteiger partial charge in [-0.05, 0) is 66.2 Å². The molecule has 0 aliphatic heterocycles. The molecule has 2 aromatic heterocycles. The molecule has 0 amide bonds. The van der Waals surface area contributed by atoms with Crippen LogP contribution in [0.4, 0.5) is 11.4 Å². The van der Waals surface area contributed by atoms with Crippen LogP contribution in [0.5, 0.6) is 0 Å². The minimum absolute atomic E-state index is 0.847. The van der Waals surface area contributed by atoms with Crippen molar-refractivity contribution in [3.8, 4) is 5.69 Å². The van der Waals surface area contributed by atoms with E-state index in [9.17, 15) is 0 Å². The van der Waals surface area contributed by atoms with Crippen LogP contribution in [0.15, 0.2) is 146 Å². The van der Waals surface area contributed by atoms with E-state index in [1.54, 1.807) is 0 Å². The largest absolute Gasteiger partial charge is 0.355 e. The van der Waals surface area contributed by atoms with Gasteiger partial charge in [0.1, 0.15) is 0 Å². The lowest BCUT2D eigenvalue weighted by atomic mass is 10.1. The maximum absolute atomic E-state index is 3.71. The zero-order valence-electron chi connectivity index (χ0n) is 22.0. The molecule has 0 unspecified atom stereocenters. The van der Waals surface area contributed by atoms with E-state index in [1.807, 2.05) is 0 Å². The van der Waals surface area contributed by atoms with Gasteiger partial charge in [0.25, 0.3) is 0 Å². The molecule has 0 spiro atoms. The van der Waals surface area contributed by atoms with Crippen molar-refractivity contribution in [2.75, 3.05) is 5.32 Å². The summed E-state index contributed by atoms with van der Waals surface area (Å²) in [7, 11) is 0. The van der Waals surface area contributed by atoms with Gasteiger partial charge in [-0.15, -0.1) is 0 Å². The fraction of sp³-hybridized carbons (Fsp3) is 0.0270. The monoisotopic (exact) mass is 513 g/mol. The molecule has 8 aromatic rings. The number of hydrogen-bond acceptors (Lipinski definition) is 1. The summed E-state index contributed by atoms with van der Waals surface area (Å²) in [6.07, 6.45) is 0. The highest BCUT2D eigenvalue weighted by Gasteiger charge is 2.14. The first-order valence-electron chi connectivity index (χ1n) is 13.7. The summed E-state index contributed by atoms with van der Waals surface area (Å²) in [5.41, 5.74) is 9.57. The Morgan fingerprint density at radius 2 is 0.925 bits per heavy atom. The lowest BCUT2D eigenvalue weighted by Crippen LogP contribution is -1.99. The number of benzene rings is 6. The molecule has 0 saturated heterocycles. The Balaban J connectivity index is 1.22. The summed E-state index contributed by atoms with van der Waals surface area (Å²) < 4.78 is 4.77. The Kier molecular flexibility index (Phi) is 5.20. The predicted molar refractivity (Wildman–Crippen MR) is 169 cm³/mol. The van der Waals surface area contributed by atoms with Crippen LogP contribution in [-0.4, -0.2) is 9.13 Å². The molecule has 0 radical (unpaired) electrons.